The highest BCUT2D eigenvalue weighted by Gasteiger charge is 2.37. The molecule has 0 amide bonds. The van der Waals surface area contributed by atoms with E-state index >= 15 is 0 Å². The molecule has 0 aromatic carbocycles. The molecule has 0 spiro atoms. The van der Waals surface area contributed by atoms with Crippen molar-refractivity contribution >= 4 is 22.4 Å². The quantitative estimate of drug-likeness (QED) is 0.768. The second-order valence-electron chi connectivity index (χ2n) is 4.41. The smallest absolute Gasteiger partial charge is 0.216 e. The third kappa shape index (κ3) is 3.85. The second kappa shape index (κ2) is 6.16. The van der Waals surface area contributed by atoms with Crippen LogP contribution in [-0.2, 0) is 14.8 Å². The van der Waals surface area contributed by atoms with Crippen molar-refractivity contribution in [1.82, 2.24) is 4.31 Å². The molecule has 16 heavy (non-hydrogen) atoms. The molecule has 0 radical (unpaired) electrons. The zero-order chi connectivity index (χ0) is 11.5. The van der Waals surface area contributed by atoms with Crippen LogP contribution in [0.5, 0.6) is 0 Å². The number of sulfonamides is 1. The van der Waals surface area contributed by atoms with Gasteiger partial charge in [-0.25, -0.2) is 12.7 Å². The molecule has 2 N–H and O–H groups in total. The van der Waals surface area contributed by atoms with Gasteiger partial charge in [0.25, 0.3) is 0 Å². The Balaban J connectivity index is 0.00000225. The average Bonchev–Trinajstić information content (AvgIpc) is 2.60. The van der Waals surface area contributed by atoms with E-state index in [1.54, 1.807) is 0 Å². The lowest BCUT2D eigenvalue weighted by molar-refractivity contribution is 0.215. The topological polar surface area (TPSA) is 72.6 Å². The Hall–Kier alpha value is 0.120. The minimum atomic E-state index is -3.15. The number of halogens is 1. The molecule has 1 fully saturated rings. The highest BCUT2D eigenvalue weighted by Crippen LogP contribution is 2.30. The molecule has 1 aliphatic rings. The number of methoxy groups -OCH3 is 1. The molecule has 7 heteroatoms. The van der Waals surface area contributed by atoms with Crippen molar-refractivity contribution in [2.24, 2.45) is 11.1 Å². The van der Waals surface area contributed by atoms with E-state index in [0.29, 0.717) is 19.6 Å². The summed E-state index contributed by atoms with van der Waals surface area (Å²) in [6.45, 7) is 3.93. The van der Waals surface area contributed by atoms with E-state index in [-0.39, 0.29) is 30.2 Å². The first kappa shape index (κ1) is 16.1. The molecule has 0 aromatic rings. The molecule has 1 heterocycles. The van der Waals surface area contributed by atoms with Crippen LogP contribution in [0.4, 0.5) is 0 Å². The van der Waals surface area contributed by atoms with Crippen molar-refractivity contribution < 1.29 is 13.2 Å². The summed E-state index contributed by atoms with van der Waals surface area (Å²) in [7, 11) is -1.65. The molecule has 0 aliphatic carbocycles. The predicted molar refractivity (Wildman–Crippen MR) is 66.3 cm³/mol. The van der Waals surface area contributed by atoms with Crippen LogP contribution >= 0.6 is 12.4 Å². The maximum absolute atomic E-state index is 11.8. The molecule has 0 aromatic heterocycles. The lowest BCUT2D eigenvalue weighted by Gasteiger charge is -2.22. The van der Waals surface area contributed by atoms with Gasteiger partial charge >= 0.3 is 0 Å². The molecule has 1 aliphatic heterocycles. The van der Waals surface area contributed by atoms with Crippen LogP contribution < -0.4 is 5.73 Å². The number of nitrogens with two attached hydrogens (primary N) is 1. The number of hydrogen-bond acceptors (Lipinski definition) is 4. The van der Waals surface area contributed by atoms with Crippen LogP contribution in [0.25, 0.3) is 0 Å². The fourth-order valence-electron chi connectivity index (χ4n) is 1.70. The first-order valence-electron chi connectivity index (χ1n) is 5.10. The first-order valence-corrected chi connectivity index (χ1v) is 6.71. The van der Waals surface area contributed by atoms with Crippen molar-refractivity contribution in [3.63, 3.8) is 0 Å². The fraction of sp³-hybridized carbons (Fsp3) is 1.00. The van der Waals surface area contributed by atoms with Gasteiger partial charge in [0.05, 0.1) is 12.4 Å². The van der Waals surface area contributed by atoms with E-state index < -0.39 is 10.0 Å². The van der Waals surface area contributed by atoms with Crippen molar-refractivity contribution in [1.29, 1.82) is 0 Å². The molecule has 98 valence electrons. The lowest BCUT2D eigenvalue weighted by Crippen LogP contribution is -2.36. The van der Waals surface area contributed by atoms with Gasteiger partial charge in [-0.1, -0.05) is 6.92 Å². The number of ether oxygens (including phenoxy) is 1. The summed E-state index contributed by atoms with van der Waals surface area (Å²) in [6, 6.07) is 0. The third-order valence-corrected chi connectivity index (χ3v) is 4.74. The average molecular weight is 273 g/mol. The zero-order valence-corrected chi connectivity index (χ0v) is 11.4. The van der Waals surface area contributed by atoms with Crippen LogP contribution in [0.15, 0.2) is 0 Å². The van der Waals surface area contributed by atoms with Crippen LogP contribution in [0.1, 0.15) is 13.3 Å². The standard InChI is InChI=1S/C9H20N2O3S.ClH/c1-9(7-10)3-4-11(8-9)15(12,13)6-5-14-2;/h3-8,10H2,1-2H3;1H. The van der Waals surface area contributed by atoms with Gasteiger partial charge in [-0.2, -0.15) is 0 Å². The Morgan fingerprint density at radius 2 is 2.12 bits per heavy atom. The largest absolute Gasteiger partial charge is 0.384 e. The van der Waals surface area contributed by atoms with E-state index in [1.807, 2.05) is 6.92 Å². The van der Waals surface area contributed by atoms with Crippen molar-refractivity contribution in [3.8, 4) is 0 Å². The van der Waals surface area contributed by atoms with Gasteiger partial charge in [0.1, 0.15) is 0 Å². The van der Waals surface area contributed by atoms with Gasteiger partial charge in [0.2, 0.25) is 10.0 Å². The Labute approximate surface area is 104 Å². The normalized spacial score (nSPS) is 26.7. The minimum absolute atomic E-state index is 0. The van der Waals surface area contributed by atoms with E-state index in [1.165, 1.54) is 11.4 Å². The Bertz CT molecular complexity index is 310. The third-order valence-electron chi connectivity index (χ3n) is 2.95. The first-order chi connectivity index (χ1) is 6.93. The van der Waals surface area contributed by atoms with Crippen LogP contribution in [0, 0.1) is 5.41 Å². The van der Waals surface area contributed by atoms with E-state index in [4.69, 9.17) is 10.5 Å². The maximum atomic E-state index is 11.8. The van der Waals surface area contributed by atoms with E-state index in [9.17, 15) is 8.42 Å². The number of nitrogens with zero attached hydrogens (tertiary/aromatic N) is 1. The van der Waals surface area contributed by atoms with Crippen molar-refractivity contribution in [3.05, 3.63) is 0 Å². The summed E-state index contributed by atoms with van der Waals surface area (Å²) >= 11 is 0. The number of rotatable bonds is 5. The lowest BCUT2D eigenvalue weighted by atomic mass is 9.90. The zero-order valence-electron chi connectivity index (χ0n) is 9.81. The van der Waals surface area contributed by atoms with Crippen molar-refractivity contribution in [2.45, 2.75) is 13.3 Å². The Kier molecular flexibility index (Phi) is 6.21. The molecular weight excluding hydrogens is 252 g/mol. The van der Waals surface area contributed by atoms with Gasteiger partial charge in [-0.15, -0.1) is 12.4 Å². The van der Waals surface area contributed by atoms with E-state index in [2.05, 4.69) is 0 Å². The SMILES string of the molecule is COCCS(=O)(=O)N1CCC(C)(CN)C1.Cl. The summed E-state index contributed by atoms with van der Waals surface area (Å²) in [5, 5.41) is 0. The molecule has 1 rings (SSSR count). The molecule has 0 bridgehead atoms. The predicted octanol–water partition coefficient (Wildman–Crippen LogP) is 0.0551. The Morgan fingerprint density at radius 3 is 2.56 bits per heavy atom. The second-order valence-corrected chi connectivity index (χ2v) is 6.50. The monoisotopic (exact) mass is 272 g/mol. The van der Waals surface area contributed by atoms with Crippen LogP contribution in [-0.4, -0.2) is 51.8 Å². The van der Waals surface area contributed by atoms with Gasteiger partial charge < -0.3 is 10.5 Å². The maximum Gasteiger partial charge on any atom is 0.216 e. The summed E-state index contributed by atoms with van der Waals surface area (Å²) < 4.78 is 29.9. The molecule has 1 atom stereocenters. The van der Waals surface area contributed by atoms with Gasteiger partial charge in [-0.05, 0) is 18.4 Å². The molecule has 0 saturated carbocycles. The van der Waals surface area contributed by atoms with Gasteiger partial charge in [-0.3, -0.25) is 0 Å². The van der Waals surface area contributed by atoms with Crippen molar-refractivity contribution in [2.75, 3.05) is 39.1 Å². The summed E-state index contributed by atoms with van der Waals surface area (Å²) in [4.78, 5) is 0. The Morgan fingerprint density at radius 1 is 1.50 bits per heavy atom. The highest BCUT2D eigenvalue weighted by atomic mass is 35.5. The highest BCUT2D eigenvalue weighted by molar-refractivity contribution is 7.89. The number of hydrogen-bond donors (Lipinski definition) is 1. The summed E-state index contributed by atoms with van der Waals surface area (Å²) in [6.07, 6.45) is 0.843. The van der Waals surface area contributed by atoms with Gasteiger partial charge in [0, 0.05) is 20.2 Å². The fourth-order valence-corrected chi connectivity index (χ4v) is 3.21. The van der Waals surface area contributed by atoms with E-state index in [0.717, 1.165) is 6.42 Å². The summed E-state index contributed by atoms with van der Waals surface area (Å²) in [5.74, 6) is 0.0597. The molecular formula is C9H21ClN2O3S. The molecule has 5 nitrogen and oxygen atoms in total. The van der Waals surface area contributed by atoms with Gasteiger partial charge in [0.15, 0.2) is 0 Å². The van der Waals surface area contributed by atoms with Crippen LogP contribution in [0.2, 0.25) is 0 Å². The molecule has 1 unspecified atom stereocenters. The minimum Gasteiger partial charge on any atom is -0.384 e. The molecule has 1 saturated heterocycles. The summed E-state index contributed by atoms with van der Waals surface area (Å²) in [5.41, 5.74) is 5.57. The van der Waals surface area contributed by atoms with Crippen LogP contribution in [0.3, 0.4) is 0 Å².